The van der Waals surface area contributed by atoms with Gasteiger partial charge in [-0.3, -0.25) is 5.32 Å². The summed E-state index contributed by atoms with van der Waals surface area (Å²) >= 11 is 0. The number of hydrogen-bond acceptors (Lipinski definition) is 2. The highest BCUT2D eigenvalue weighted by molar-refractivity contribution is 4.67. The van der Waals surface area contributed by atoms with Gasteiger partial charge in [-0.2, -0.15) is 0 Å². The van der Waals surface area contributed by atoms with Gasteiger partial charge in [-0.25, -0.2) is 0 Å². The Morgan fingerprint density at radius 3 is 2.70 bits per heavy atom. The molecule has 60 valence electrons. The van der Waals surface area contributed by atoms with Gasteiger partial charge in [-0.1, -0.05) is 6.08 Å². The van der Waals surface area contributed by atoms with Crippen molar-refractivity contribution in [2.45, 2.75) is 6.92 Å². The molecule has 0 radical (unpaired) electrons. The number of rotatable bonds is 5. The summed E-state index contributed by atoms with van der Waals surface area (Å²) in [5.74, 6) is 0. The molecule has 1 unspecified atom stereocenters. The number of nitrogens with zero attached hydrogens (tertiary/aromatic N) is 1. The van der Waals surface area contributed by atoms with Crippen molar-refractivity contribution in [2.24, 2.45) is 0 Å². The fourth-order valence-electron chi connectivity index (χ4n) is 0.515. The molecule has 0 rings (SSSR count). The van der Waals surface area contributed by atoms with E-state index in [4.69, 9.17) is 0 Å². The van der Waals surface area contributed by atoms with E-state index in [1.54, 1.807) is 13.1 Å². The molecule has 1 atom stereocenters. The maximum atomic E-state index is 11.2. The van der Waals surface area contributed by atoms with Gasteiger partial charge in [0.25, 0.3) is 0 Å². The van der Waals surface area contributed by atoms with E-state index in [1.165, 1.54) is 0 Å². The maximum Gasteiger partial charge on any atom is 0.132 e. The standard InChI is InChI=1S/C7H16N2O/c1-4-6-8-7-9(3,10)5-2/h4,8H,1,5-7H2,2-3H3. The molecule has 3 nitrogen and oxygen atoms in total. The lowest BCUT2D eigenvalue weighted by molar-refractivity contribution is -0.861. The first-order valence-corrected chi connectivity index (χ1v) is 3.49. The van der Waals surface area contributed by atoms with E-state index >= 15 is 0 Å². The predicted octanol–water partition coefficient (Wildman–Crippen LogP) is 0.684. The highest BCUT2D eigenvalue weighted by Gasteiger charge is 2.02. The molecule has 0 aliphatic carbocycles. The third-order valence-electron chi connectivity index (χ3n) is 1.40. The zero-order chi connectivity index (χ0) is 8.04. The summed E-state index contributed by atoms with van der Waals surface area (Å²) in [6.45, 7) is 7.18. The van der Waals surface area contributed by atoms with Gasteiger partial charge < -0.3 is 9.85 Å². The second kappa shape index (κ2) is 4.44. The number of quaternary nitrogens is 1. The van der Waals surface area contributed by atoms with Crippen LogP contribution in [0, 0.1) is 5.21 Å². The van der Waals surface area contributed by atoms with Crippen LogP contribution in [0.3, 0.4) is 0 Å². The van der Waals surface area contributed by atoms with Gasteiger partial charge in [0.1, 0.15) is 6.67 Å². The van der Waals surface area contributed by atoms with E-state index in [1.807, 2.05) is 6.92 Å². The molecule has 0 aromatic carbocycles. The summed E-state index contributed by atoms with van der Waals surface area (Å²) in [6, 6.07) is 0. The molecule has 1 N–H and O–H groups in total. The van der Waals surface area contributed by atoms with Gasteiger partial charge in [0.2, 0.25) is 0 Å². The van der Waals surface area contributed by atoms with Crippen LogP contribution in [-0.2, 0) is 0 Å². The van der Waals surface area contributed by atoms with Crippen molar-refractivity contribution in [2.75, 3.05) is 26.8 Å². The zero-order valence-electron chi connectivity index (χ0n) is 6.76. The van der Waals surface area contributed by atoms with Crippen LogP contribution in [0.5, 0.6) is 0 Å². The highest BCUT2D eigenvalue weighted by Crippen LogP contribution is 1.93. The summed E-state index contributed by atoms with van der Waals surface area (Å²) in [7, 11) is 1.65. The lowest BCUT2D eigenvalue weighted by atomic mass is 10.6. The summed E-state index contributed by atoms with van der Waals surface area (Å²) in [4.78, 5) is 0. The molecule has 3 heteroatoms. The second-order valence-corrected chi connectivity index (χ2v) is 2.51. The molecule has 0 amide bonds. The van der Waals surface area contributed by atoms with E-state index < -0.39 is 0 Å². The van der Waals surface area contributed by atoms with Crippen molar-refractivity contribution in [3.8, 4) is 0 Å². The Labute approximate surface area is 62.5 Å². The largest absolute Gasteiger partial charge is 0.632 e. The first-order chi connectivity index (χ1) is 4.62. The van der Waals surface area contributed by atoms with E-state index in [9.17, 15) is 5.21 Å². The first kappa shape index (κ1) is 9.62. The SMILES string of the molecule is C=CCNC[N+](C)([O-])CC. The van der Waals surface area contributed by atoms with Gasteiger partial charge in [0, 0.05) is 6.54 Å². The number of hydroxylamine groups is 3. The number of nitrogens with one attached hydrogen (secondary N) is 1. The van der Waals surface area contributed by atoms with Crippen molar-refractivity contribution in [1.82, 2.24) is 5.32 Å². The van der Waals surface area contributed by atoms with Crippen LogP contribution in [0.4, 0.5) is 0 Å². The first-order valence-electron chi connectivity index (χ1n) is 3.49. The summed E-state index contributed by atoms with van der Waals surface area (Å²) in [5.41, 5.74) is 0. The molecule has 0 spiro atoms. The van der Waals surface area contributed by atoms with Gasteiger partial charge in [-0.05, 0) is 6.92 Å². The predicted molar refractivity (Wildman–Crippen MR) is 43.2 cm³/mol. The summed E-state index contributed by atoms with van der Waals surface area (Å²) in [6.07, 6.45) is 1.75. The van der Waals surface area contributed by atoms with Crippen LogP contribution >= 0.6 is 0 Å². The molecule has 0 bridgehead atoms. The Bertz CT molecular complexity index is 102. The van der Waals surface area contributed by atoms with Crippen LogP contribution in [-0.4, -0.2) is 31.5 Å². The molecule has 0 saturated heterocycles. The minimum absolute atomic E-state index is 0.228. The highest BCUT2D eigenvalue weighted by atomic mass is 16.5. The average Bonchev–Trinajstić information content (AvgIpc) is 1.89. The second-order valence-electron chi connectivity index (χ2n) is 2.51. The summed E-state index contributed by atoms with van der Waals surface area (Å²) < 4.78 is -0.228. The fourth-order valence-corrected chi connectivity index (χ4v) is 0.515. The van der Waals surface area contributed by atoms with Crippen LogP contribution in [0.15, 0.2) is 12.7 Å². The monoisotopic (exact) mass is 144 g/mol. The van der Waals surface area contributed by atoms with Crippen LogP contribution in [0.2, 0.25) is 0 Å². The molecule has 10 heavy (non-hydrogen) atoms. The average molecular weight is 144 g/mol. The van der Waals surface area contributed by atoms with Crippen LogP contribution in [0.1, 0.15) is 6.92 Å². The number of hydrogen-bond donors (Lipinski definition) is 1. The topological polar surface area (TPSA) is 35.1 Å². The molecule has 0 aromatic heterocycles. The smallest absolute Gasteiger partial charge is 0.132 e. The molecule has 0 aliphatic heterocycles. The third kappa shape index (κ3) is 4.49. The van der Waals surface area contributed by atoms with Gasteiger partial charge in [0.15, 0.2) is 0 Å². The lowest BCUT2D eigenvalue weighted by Gasteiger charge is -2.37. The molecule has 0 saturated carbocycles. The quantitative estimate of drug-likeness (QED) is 0.202. The molecular formula is C7H16N2O. The maximum absolute atomic E-state index is 11.2. The van der Waals surface area contributed by atoms with Crippen molar-refractivity contribution in [3.63, 3.8) is 0 Å². The Hall–Kier alpha value is -0.380. The van der Waals surface area contributed by atoms with Gasteiger partial charge in [-0.15, -0.1) is 6.58 Å². The lowest BCUT2D eigenvalue weighted by Crippen LogP contribution is -2.44. The fraction of sp³-hybridized carbons (Fsp3) is 0.714. The van der Waals surface area contributed by atoms with E-state index in [0.717, 1.165) is 0 Å². The normalized spacial score (nSPS) is 16.3. The Kier molecular flexibility index (Phi) is 4.27. The summed E-state index contributed by atoms with van der Waals surface area (Å²) in [5, 5.41) is 14.2. The molecular weight excluding hydrogens is 128 g/mol. The molecule has 0 fully saturated rings. The van der Waals surface area contributed by atoms with Gasteiger partial charge in [0.05, 0.1) is 13.6 Å². The Balaban J connectivity index is 3.36. The van der Waals surface area contributed by atoms with Crippen molar-refractivity contribution in [3.05, 3.63) is 17.9 Å². The third-order valence-corrected chi connectivity index (χ3v) is 1.40. The molecule has 0 aromatic rings. The van der Waals surface area contributed by atoms with Gasteiger partial charge >= 0.3 is 0 Å². The minimum Gasteiger partial charge on any atom is -0.632 e. The van der Waals surface area contributed by atoms with Crippen molar-refractivity contribution >= 4 is 0 Å². The minimum atomic E-state index is -0.228. The van der Waals surface area contributed by atoms with Crippen LogP contribution in [0.25, 0.3) is 0 Å². The molecule has 0 aliphatic rings. The van der Waals surface area contributed by atoms with E-state index in [0.29, 0.717) is 19.8 Å². The van der Waals surface area contributed by atoms with Crippen molar-refractivity contribution in [1.29, 1.82) is 0 Å². The molecule has 0 heterocycles. The van der Waals surface area contributed by atoms with E-state index in [-0.39, 0.29) is 4.65 Å². The Morgan fingerprint density at radius 1 is 1.70 bits per heavy atom. The zero-order valence-corrected chi connectivity index (χ0v) is 6.76. The Morgan fingerprint density at radius 2 is 2.30 bits per heavy atom. The van der Waals surface area contributed by atoms with Crippen molar-refractivity contribution < 1.29 is 4.65 Å². The van der Waals surface area contributed by atoms with Crippen LogP contribution < -0.4 is 5.32 Å². The van der Waals surface area contributed by atoms with E-state index in [2.05, 4.69) is 11.9 Å².